The third-order valence-electron chi connectivity index (χ3n) is 2.37. The first-order chi connectivity index (χ1) is 7.49. The highest BCUT2D eigenvalue weighted by Crippen LogP contribution is 2.11. The zero-order valence-corrected chi connectivity index (χ0v) is 9.75. The fourth-order valence-corrected chi connectivity index (χ4v) is 1.61. The molecule has 5 heteroatoms. The van der Waals surface area contributed by atoms with E-state index in [0.717, 1.165) is 12.1 Å². The van der Waals surface area contributed by atoms with Gasteiger partial charge in [-0.3, -0.25) is 9.59 Å². The average molecular weight is 225 g/mol. The Morgan fingerprint density at radius 3 is 2.75 bits per heavy atom. The van der Waals surface area contributed by atoms with Gasteiger partial charge in [-0.1, -0.05) is 13.8 Å². The molecule has 0 aliphatic carbocycles. The highest BCUT2D eigenvalue weighted by molar-refractivity contribution is 5.85. The van der Waals surface area contributed by atoms with Gasteiger partial charge in [0.25, 0.3) is 0 Å². The van der Waals surface area contributed by atoms with Crippen LogP contribution in [0.1, 0.15) is 33.1 Å². The average Bonchev–Trinajstić information content (AvgIpc) is 2.15. The zero-order valence-electron chi connectivity index (χ0n) is 9.75. The number of nitrogens with one attached hydrogen (secondary N) is 2. The second-order valence-corrected chi connectivity index (χ2v) is 4.48. The molecule has 2 amide bonds. The minimum Gasteiger partial charge on any atom is -0.378 e. The van der Waals surface area contributed by atoms with Crippen molar-refractivity contribution in [3.05, 3.63) is 11.9 Å². The van der Waals surface area contributed by atoms with Gasteiger partial charge in [-0.25, -0.2) is 0 Å². The van der Waals surface area contributed by atoms with E-state index in [1.54, 1.807) is 0 Å². The van der Waals surface area contributed by atoms with E-state index in [2.05, 4.69) is 24.5 Å². The number of primary amides is 1. The predicted molar refractivity (Wildman–Crippen MR) is 61.0 cm³/mol. The van der Waals surface area contributed by atoms with Crippen LogP contribution in [0.25, 0.3) is 0 Å². The molecule has 1 atom stereocenters. The summed E-state index contributed by atoms with van der Waals surface area (Å²) in [5.41, 5.74) is 5.93. The molecule has 4 N–H and O–H groups in total. The normalized spacial score (nSPS) is 20.1. The van der Waals surface area contributed by atoms with Crippen LogP contribution in [0.3, 0.4) is 0 Å². The molecule has 0 aromatic rings. The highest BCUT2D eigenvalue weighted by Gasteiger charge is 2.22. The van der Waals surface area contributed by atoms with E-state index in [9.17, 15) is 9.59 Å². The zero-order chi connectivity index (χ0) is 12.1. The van der Waals surface area contributed by atoms with Crippen molar-refractivity contribution in [2.45, 2.75) is 39.2 Å². The first-order valence-electron chi connectivity index (χ1n) is 5.53. The molecule has 0 aromatic heterocycles. The number of allylic oxidation sites excluding steroid dienone is 1. The van der Waals surface area contributed by atoms with Crippen LogP contribution in [-0.2, 0) is 9.59 Å². The molecule has 0 saturated heterocycles. The number of amides is 2. The van der Waals surface area contributed by atoms with E-state index >= 15 is 0 Å². The summed E-state index contributed by atoms with van der Waals surface area (Å²) in [6, 6.07) is -0.344. The van der Waals surface area contributed by atoms with E-state index in [4.69, 9.17) is 5.73 Å². The number of nitrogens with two attached hydrogens (primary N) is 1. The summed E-state index contributed by atoms with van der Waals surface area (Å²) in [4.78, 5) is 22.2. The van der Waals surface area contributed by atoms with Gasteiger partial charge in [0.05, 0.1) is 0 Å². The lowest BCUT2D eigenvalue weighted by molar-refractivity contribution is -0.123. The van der Waals surface area contributed by atoms with Gasteiger partial charge in [0, 0.05) is 18.3 Å². The van der Waals surface area contributed by atoms with Crippen LogP contribution in [0.2, 0.25) is 0 Å². The quantitative estimate of drug-likeness (QED) is 0.626. The Hall–Kier alpha value is -1.52. The summed E-state index contributed by atoms with van der Waals surface area (Å²) >= 11 is 0. The molecule has 5 nitrogen and oxygen atoms in total. The van der Waals surface area contributed by atoms with Gasteiger partial charge in [0.1, 0.15) is 6.04 Å². The Morgan fingerprint density at radius 2 is 2.25 bits per heavy atom. The van der Waals surface area contributed by atoms with E-state index in [1.165, 1.54) is 0 Å². The van der Waals surface area contributed by atoms with E-state index < -0.39 is 0 Å². The minimum atomic E-state index is -0.383. The molecule has 0 saturated carbocycles. The van der Waals surface area contributed by atoms with E-state index in [-0.39, 0.29) is 24.3 Å². The largest absolute Gasteiger partial charge is 0.378 e. The Balaban J connectivity index is 2.46. The van der Waals surface area contributed by atoms with Gasteiger partial charge in [-0.15, -0.1) is 0 Å². The Bertz CT molecular complexity index is 310. The molecule has 1 rings (SSSR count). The van der Waals surface area contributed by atoms with Crippen LogP contribution in [0.5, 0.6) is 0 Å². The Labute approximate surface area is 95.5 Å². The highest BCUT2D eigenvalue weighted by atomic mass is 16.2. The van der Waals surface area contributed by atoms with Gasteiger partial charge in [-0.2, -0.15) is 0 Å². The van der Waals surface area contributed by atoms with Crippen molar-refractivity contribution >= 4 is 11.8 Å². The number of carbonyl (C=O) groups is 2. The van der Waals surface area contributed by atoms with Crippen molar-refractivity contribution in [2.24, 2.45) is 11.7 Å². The van der Waals surface area contributed by atoms with Gasteiger partial charge in [0.15, 0.2) is 0 Å². The fourth-order valence-electron chi connectivity index (χ4n) is 1.61. The summed E-state index contributed by atoms with van der Waals surface area (Å²) in [7, 11) is 0. The van der Waals surface area contributed by atoms with Crippen molar-refractivity contribution < 1.29 is 9.59 Å². The summed E-state index contributed by atoms with van der Waals surface area (Å²) in [6.07, 6.45) is 3.30. The predicted octanol–water partition coefficient (Wildman–Crippen LogP) is 0.227. The SMILES string of the molecule is CC(C)CC1=CNC(CCC(N)=O)C(=O)N1. The minimum absolute atomic E-state index is 0.0839. The molecule has 90 valence electrons. The lowest BCUT2D eigenvalue weighted by Crippen LogP contribution is -2.46. The van der Waals surface area contributed by atoms with E-state index in [1.807, 2.05) is 6.20 Å². The molecule has 0 aromatic carbocycles. The summed E-state index contributed by atoms with van der Waals surface area (Å²) in [6.45, 7) is 4.18. The smallest absolute Gasteiger partial charge is 0.246 e. The van der Waals surface area contributed by atoms with Crippen molar-refractivity contribution in [3.8, 4) is 0 Å². The number of carbonyl (C=O) groups excluding carboxylic acids is 2. The molecule has 0 radical (unpaired) electrons. The summed E-state index contributed by atoms with van der Waals surface area (Å²) < 4.78 is 0. The molecular formula is C11H19N3O2. The Morgan fingerprint density at radius 1 is 1.56 bits per heavy atom. The van der Waals surface area contributed by atoms with Gasteiger partial charge < -0.3 is 16.4 Å². The summed E-state index contributed by atoms with van der Waals surface area (Å²) in [5.74, 6) is 0.0291. The van der Waals surface area contributed by atoms with Gasteiger partial charge in [-0.05, 0) is 18.8 Å². The van der Waals surface area contributed by atoms with Crippen LogP contribution in [0, 0.1) is 5.92 Å². The second-order valence-electron chi connectivity index (χ2n) is 4.48. The van der Waals surface area contributed by atoms with Gasteiger partial charge in [0.2, 0.25) is 11.8 Å². The molecular weight excluding hydrogens is 206 g/mol. The van der Waals surface area contributed by atoms with Crippen LogP contribution in [-0.4, -0.2) is 17.9 Å². The molecule has 1 aliphatic heterocycles. The van der Waals surface area contributed by atoms with Gasteiger partial charge >= 0.3 is 0 Å². The van der Waals surface area contributed by atoms with E-state index in [0.29, 0.717) is 12.3 Å². The van der Waals surface area contributed by atoms with Crippen LogP contribution in [0.15, 0.2) is 11.9 Å². The Kier molecular flexibility index (Phi) is 4.34. The molecule has 0 spiro atoms. The standard InChI is InChI=1S/C11H19N3O2/c1-7(2)5-8-6-13-9(11(16)14-8)3-4-10(12)15/h6-7,9,13H,3-5H2,1-2H3,(H2,12,15)(H,14,16). The maximum absolute atomic E-state index is 11.6. The third kappa shape index (κ3) is 3.92. The fraction of sp³-hybridized carbons (Fsp3) is 0.636. The lowest BCUT2D eigenvalue weighted by Gasteiger charge is -2.24. The molecule has 0 bridgehead atoms. The molecule has 1 aliphatic rings. The maximum atomic E-state index is 11.6. The van der Waals surface area contributed by atoms with Crippen molar-refractivity contribution in [3.63, 3.8) is 0 Å². The number of rotatable bonds is 5. The van der Waals surface area contributed by atoms with Crippen molar-refractivity contribution in [1.29, 1.82) is 0 Å². The first-order valence-corrected chi connectivity index (χ1v) is 5.53. The molecule has 1 unspecified atom stereocenters. The monoisotopic (exact) mass is 225 g/mol. The number of hydrogen-bond donors (Lipinski definition) is 3. The third-order valence-corrected chi connectivity index (χ3v) is 2.37. The van der Waals surface area contributed by atoms with Crippen LogP contribution < -0.4 is 16.4 Å². The second kappa shape index (κ2) is 5.53. The first kappa shape index (κ1) is 12.5. The van der Waals surface area contributed by atoms with Crippen LogP contribution >= 0.6 is 0 Å². The molecule has 16 heavy (non-hydrogen) atoms. The van der Waals surface area contributed by atoms with Crippen molar-refractivity contribution in [2.75, 3.05) is 0 Å². The summed E-state index contributed by atoms with van der Waals surface area (Å²) in [5, 5.41) is 5.83. The maximum Gasteiger partial charge on any atom is 0.246 e. The van der Waals surface area contributed by atoms with Crippen molar-refractivity contribution in [1.82, 2.24) is 10.6 Å². The molecule has 0 fully saturated rings. The molecule has 1 heterocycles. The van der Waals surface area contributed by atoms with Crippen LogP contribution in [0.4, 0.5) is 0 Å². The number of hydrogen-bond acceptors (Lipinski definition) is 3. The lowest BCUT2D eigenvalue weighted by atomic mass is 10.0. The topological polar surface area (TPSA) is 84.2 Å².